The minimum atomic E-state index is 0. The summed E-state index contributed by atoms with van der Waals surface area (Å²) in [6, 6.07) is 0. The van der Waals surface area contributed by atoms with Crippen molar-refractivity contribution < 1.29 is 16.5 Å². The van der Waals surface area contributed by atoms with Crippen LogP contribution in [0.25, 0.3) is 0 Å². The van der Waals surface area contributed by atoms with Crippen LogP contribution in [0.4, 0.5) is 0 Å². The van der Waals surface area contributed by atoms with Gasteiger partial charge in [0.25, 0.3) is 0 Å². The van der Waals surface area contributed by atoms with Crippen molar-refractivity contribution in [1.29, 1.82) is 0 Å². The van der Waals surface area contributed by atoms with E-state index < -0.39 is 0 Å². The van der Waals surface area contributed by atoms with Crippen LogP contribution in [0, 0.1) is 24.7 Å². The SMILES string of the molecule is [C-]#CCCCCCCCCCCCCCC.[C-]#CCCCCCCCCCCCCCC.[Ni+2]. The molecule has 0 saturated carbocycles. The fraction of sp³-hybridized carbons (Fsp3) is 0.875. The van der Waals surface area contributed by atoms with Gasteiger partial charge in [-0.1, -0.05) is 155 Å². The molecule has 0 atom stereocenters. The molecule has 0 saturated heterocycles. The topological polar surface area (TPSA) is 0 Å². The molecule has 0 fully saturated rings. The van der Waals surface area contributed by atoms with E-state index in [1.165, 1.54) is 154 Å². The summed E-state index contributed by atoms with van der Waals surface area (Å²) in [5.74, 6) is 4.91. The van der Waals surface area contributed by atoms with E-state index in [0.717, 1.165) is 12.8 Å². The third-order valence-electron chi connectivity index (χ3n) is 6.31. The first kappa shape index (κ1) is 37.2. The van der Waals surface area contributed by atoms with Crippen LogP contribution < -0.4 is 0 Å². The van der Waals surface area contributed by atoms with Crippen molar-refractivity contribution in [2.45, 2.75) is 181 Å². The molecule has 0 aliphatic heterocycles. The second kappa shape index (κ2) is 38.9. The summed E-state index contributed by atoms with van der Waals surface area (Å²) in [5.41, 5.74) is 0. The zero-order chi connectivity index (χ0) is 23.8. The fourth-order valence-corrected chi connectivity index (χ4v) is 4.11. The first-order valence-electron chi connectivity index (χ1n) is 14.6. The van der Waals surface area contributed by atoms with Gasteiger partial charge in [-0.25, -0.2) is 0 Å². The molecule has 0 amide bonds. The van der Waals surface area contributed by atoms with Gasteiger partial charge in [0, 0.05) is 0 Å². The molecule has 0 aromatic heterocycles. The van der Waals surface area contributed by atoms with Crippen molar-refractivity contribution in [1.82, 2.24) is 0 Å². The molecule has 0 aromatic rings. The molecule has 0 aromatic carbocycles. The van der Waals surface area contributed by atoms with E-state index in [1.54, 1.807) is 0 Å². The minimum Gasteiger partial charge on any atom is -0.694 e. The van der Waals surface area contributed by atoms with E-state index in [9.17, 15) is 0 Å². The van der Waals surface area contributed by atoms with Gasteiger partial charge in [0.15, 0.2) is 0 Å². The van der Waals surface area contributed by atoms with E-state index >= 15 is 0 Å². The van der Waals surface area contributed by atoms with Gasteiger partial charge in [0.2, 0.25) is 0 Å². The van der Waals surface area contributed by atoms with Crippen molar-refractivity contribution in [3.05, 3.63) is 12.8 Å². The Kier molecular flexibility index (Phi) is 43.8. The molecule has 196 valence electrons. The van der Waals surface area contributed by atoms with Gasteiger partial charge in [0.1, 0.15) is 0 Å². The summed E-state index contributed by atoms with van der Waals surface area (Å²) >= 11 is 0. The number of unbranched alkanes of at least 4 members (excludes halogenated alkanes) is 24. The van der Waals surface area contributed by atoms with E-state index in [0.29, 0.717) is 0 Å². The Balaban J connectivity index is -0.000000529. The van der Waals surface area contributed by atoms with Gasteiger partial charge in [-0.3, -0.25) is 0 Å². The van der Waals surface area contributed by atoms with Gasteiger partial charge >= 0.3 is 16.5 Å². The monoisotopic (exact) mass is 500 g/mol. The van der Waals surface area contributed by atoms with Crippen molar-refractivity contribution in [2.75, 3.05) is 0 Å². The van der Waals surface area contributed by atoms with Crippen LogP contribution >= 0.6 is 0 Å². The Morgan fingerprint density at radius 3 is 0.697 bits per heavy atom. The van der Waals surface area contributed by atoms with Crippen LogP contribution in [-0.2, 0) is 16.5 Å². The number of hydrogen-bond donors (Lipinski definition) is 0. The zero-order valence-corrected chi connectivity index (χ0v) is 23.7. The van der Waals surface area contributed by atoms with Crippen LogP contribution in [0.3, 0.4) is 0 Å². The molecule has 0 radical (unpaired) electrons. The van der Waals surface area contributed by atoms with Gasteiger partial charge < -0.3 is 24.7 Å². The van der Waals surface area contributed by atoms with Crippen molar-refractivity contribution in [2.24, 2.45) is 0 Å². The van der Waals surface area contributed by atoms with Gasteiger partial charge in [-0.15, -0.1) is 0 Å². The first-order valence-corrected chi connectivity index (χ1v) is 14.6. The smallest absolute Gasteiger partial charge is 0.694 e. The molecule has 0 N–H and O–H groups in total. The zero-order valence-electron chi connectivity index (χ0n) is 22.7. The Hall–Kier alpha value is -0.386. The van der Waals surface area contributed by atoms with Crippen molar-refractivity contribution in [3.8, 4) is 11.8 Å². The summed E-state index contributed by atoms with van der Waals surface area (Å²) in [7, 11) is 0. The maximum atomic E-state index is 6.79. The number of rotatable bonds is 24. The molecule has 1 heteroatoms. The second-order valence-electron chi connectivity index (χ2n) is 9.63. The summed E-state index contributed by atoms with van der Waals surface area (Å²) in [4.78, 5) is 0. The van der Waals surface area contributed by atoms with Crippen molar-refractivity contribution >= 4 is 0 Å². The van der Waals surface area contributed by atoms with Gasteiger partial charge in [0.05, 0.1) is 0 Å². The van der Waals surface area contributed by atoms with Crippen LogP contribution in [0.2, 0.25) is 0 Å². The second-order valence-corrected chi connectivity index (χ2v) is 9.63. The fourth-order valence-electron chi connectivity index (χ4n) is 4.11. The molecule has 0 aliphatic carbocycles. The van der Waals surface area contributed by atoms with Crippen molar-refractivity contribution in [3.63, 3.8) is 0 Å². The molecule has 0 spiro atoms. The normalized spacial score (nSPS) is 9.94. The third-order valence-corrected chi connectivity index (χ3v) is 6.31. The Bertz CT molecular complexity index is 348. The van der Waals surface area contributed by atoms with Crippen LogP contribution in [-0.4, -0.2) is 0 Å². The largest absolute Gasteiger partial charge is 2.00 e. The molecule has 0 nitrogen and oxygen atoms in total. The van der Waals surface area contributed by atoms with Crippen LogP contribution in [0.5, 0.6) is 0 Å². The predicted octanol–water partition coefficient (Wildman–Crippen LogP) is 11.3. The van der Waals surface area contributed by atoms with Crippen LogP contribution in [0.15, 0.2) is 0 Å². The molecular weight excluding hydrogens is 443 g/mol. The van der Waals surface area contributed by atoms with E-state index in [1.807, 2.05) is 0 Å². The first-order chi connectivity index (χ1) is 15.8. The predicted molar refractivity (Wildman–Crippen MR) is 146 cm³/mol. The Morgan fingerprint density at radius 2 is 0.515 bits per heavy atom. The minimum absolute atomic E-state index is 0. The quantitative estimate of drug-likeness (QED) is 0.0534. The molecular formula is C32H58Ni. The average molecular weight is 502 g/mol. The van der Waals surface area contributed by atoms with Crippen LogP contribution in [0.1, 0.15) is 181 Å². The number of hydrogen-bond acceptors (Lipinski definition) is 0. The Morgan fingerprint density at radius 1 is 0.333 bits per heavy atom. The summed E-state index contributed by atoms with van der Waals surface area (Å²) in [5, 5.41) is 0. The van der Waals surface area contributed by atoms with E-state index in [-0.39, 0.29) is 16.5 Å². The molecule has 0 bridgehead atoms. The Labute approximate surface area is 221 Å². The van der Waals surface area contributed by atoms with E-state index in [2.05, 4.69) is 25.7 Å². The molecule has 0 heterocycles. The van der Waals surface area contributed by atoms with Gasteiger partial charge in [-0.05, 0) is 25.7 Å². The van der Waals surface area contributed by atoms with Gasteiger partial charge in [-0.2, -0.15) is 0 Å². The maximum Gasteiger partial charge on any atom is 2.00 e. The summed E-state index contributed by atoms with van der Waals surface area (Å²) in [6.45, 7) is 4.55. The average Bonchev–Trinajstić information content (AvgIpc) is 2.81. The summed E-state index contributed by atoms with van der Waals surface area (Å²) in [6.07, 6.45) is 48.5. The third kappa shape index (κ3) is 42.3. The summed E-state index contributed by atoms with van der Waals surface area (Å²) < 4.78 is 0. The molecule has 0 aliphatic rings. The molecule has 0 rings (SSSR count). The molecule has 0 unspecified atom stereocenters. The van der Waals surface area contributed by atoms with E-state index in [4.69, 9.17) is 12.8 Å². The maximum absolute atomic E-state index is 6.79. The molecule has 33 heavy (non-hydrogen) atoms. The standard InChI is InChI=1S/2C16H29.Ni/c2*1-3-5-7-9-11-13-15-16-14-12-10-8-6-4-2;/h2*3,5-16H2,1H3;/q2*-1;+2.